The lowest BCUT2D eigenvalue weighted by Gasteiger charge is -2.52. The fraction of sp³-hybridized carbons (Fsp3) is 0.750. The fourth-order valence-corrected chi connectivity index (χ4v) is 6.12. The highest BCUT2D eigenvalue weighted by molar-refractivity contribution is 5.67. The molecule has 4 aliphatic rings. The van der Waals surface area contributed by atoms with Gasteiger partial charge >= 0.3 is 5.97 Å². The maximum Gasteiger partial charge on any atom is 0.307 e. The van der Waals surface area contributed by atoms with Gasteiger partial charge in [-0.1, -0.05) is 13.0 Å². The zero-order chi connectivity index (χ0) is 17.1. The predicted octanol–water partition coefficient (Wildman–Crippen LogP) is 5.25. The number of ether oxygens (including phenoxy) is 1. The van der Waals surface area contributed by atoms with Crippen LogP contribution in [-0.2, 0) is 9.53 Å². The van der Waals surface area contributed by atoms with E-state index >= 15 is 0 Å². The summed E-state index contributed by atoms with van der Waals surface area (Å²) in [5.41, 5.74) is 0.472. The smallest absolute Gasteiger partial charge is 0.307 e. The van der Waals surface area contributed by atoms with E-state index in [-0.39, 0.29) is 18.3 Å². The monoisotopic (exact) mass is 336 g/mol. The van der Waals surface area contributed by atoms with Crippen LogP contribution in [0.3, 0.4) is 0 Å². The highest BCUT2D eigenvalue weighted by Crippen LogP contribution is 2.65. The Kier molecular flexibility index (Phi) is 3.67. The lowest BCUT2D eigenvalue weighted by molar-refractivity contribution is -0.141. The van der Waals surface area contributed by atoms with Crippen LogP contribution in [0.15, 0.2) is 23.5 Å². The molecule has 132 valence electrons. The molecule has 0 aromatic heterocycles. The van der Waals surface area contributed by atoms with Gasteiger partial charge in [-0.25, -0.2) is 8.78 Å². The summed E-state index contributed by atoms with van der Waals surface area (Å²) in [6, 6.07) is 0. The minimum Gasteiger partial charge on any atom is -0.431 e. The number of allylic oxidation sites excluding steroid dienone is 4. The van der Waals surface area contributed by atoms with E-state index in [1.165, 1.54) is 12.5 Å². The summed E-state index contributed by atoms with van der Waals surface area (Å²) in [4.78, 5) is 11.2. The molecular formula is C20H26F2O2. The van der Waals surface area contributed by atoms with Gasteiger partial charge in [0.1, 0.15) is 5.76 Å². The molecule has 4 rings (SSSR count). The van der Waals surface area contributed by atoms with E-state index in [0.29, 0.717) is 30.6 Å². The first-order valence-corrected chi connectivity index (χ1v) is 9.29. The Hall–Kier alpha value is -1.19. The first-order valence-electron chi connectivity index (χ1n) is 9.29. The Labute approximate surface area is 142 Å². The molecule has 0 saturated heterocycles. The average Bonchev–Trinajstić information content (AvgIpc) is 2.76. The zero-order valence-corrected chi connectivity index (χ0v) is 14.5. The van der Waals surface area contributed by atoms with Gasteiger partial charge in [-0.15, -0.1) is 0 Å². The summed E-state index contributed by atoms with van der Waals surface area (Å²) >= 11 is 0. The summed E-state index contributed by atoms with van der Waals surface area (Å²) < 4.78 is 34.2. The molecule has 0 aromatic carbocycles. The van der Waals surface area contributed by atoms with Crippen LogP contribution >= 0.6 is 0 Å². The first-order chi connectivity index (χ1) is 11.3. The number of carbonyl (C=O) groups is 1. The third kappa shape index (κ3) is 2.28. The molecule has 0 aromatic rings. The van der Waals surface area contributed by atoms with Crippen LogP contribution in [0.2, 0.25) is 0 Å². The SMILES string of the molecule is CC(=O)OC1=CC2=CC[C@@H]3[C@H](CC[C@@]4(C)[C@H]3CCC4(F)F)[C@H]2CC1. The Bertz CT molecular complexity index is 621. The van der Waals surface area contributed by atoms with Crippen molar-refractivity contribution in [3.8, 4) is 0 Å². The van der Waals surface area contributed by atoms with E-state index < -0.39 is 11.3 Å². The first kappa shape index (κ1) is 16.3. The number of hydrogen-bond acceptors (Lipinski definition) is 2. The molecule has 2 nitrogen and oxygen atoms in total. The largest absolute Gasteiger partial charge is 0.431 e. The minimum atomic E-state index is -2.50. The van der Waals surface area contributed by atoms with E-state index in [2.05, 4.69) is 6.08 Å². The van der Waals surface area contributed by atoms with Gasteiger partial charge in [-0.3, -0.25) is 4.79 Å². The molecule has 4 heteroatoms. The molecule has 0 bridgehead atoms. The Morgan fingerprint density at radius 1 is 1.21 bits per heavy atom. The van der Waals surface area contributed by atoms with Crippen LogP contribution in [0.25, 0.3) is 0 Å². The zero-order valence-electron chi connectivity index (χ0n) is 14.5. The molecule has 0 spiro atoms. The second kappa shape index (κ2) is 5.40. The number of carbonyl (C=O) groups excluding carboxylic acids is 1. The highest BCUT2D eigenvalue weighted by Gasteiger charge is 2.64. The number of fused-ring (bicyclic) bond motifs is 5. The third-order valence-corrected chi connectivity index (χ3v) is 7.36. The van der Waals surface area contributed by atoms with Crippen LogP contribution in [0.5, 0.6) is 0 Å². The number of alkyl halides is 2. The second-order valence-corrected chi connectivity index (χ2v) is 8.42. The van der Waals surface area contributed by atoms with Crippen molar-refractivity contribution in [2.24, 2.45) is 29.1 Å². The molecule has 0 radical (unpaired) electrons. The van der Waals surface area contributed by atoms with Gasteiger partial charge in [0, 0.05) is 25.2 Å². The summed E-state index contributed by atoms with van der Waals surface area (Å²) in [6.07, 6.45) is 9.22. The number of halogens is 2. The minimum absolute atomic E-state index is 0.0646. The van der Waals surface area contributed by atoms with E-state index in [0.717, 1.165) is 31.4 Å². The molecular weight excluding hydrogens is 310 g/mol. The van der Waals surface area contributed by atoms with Crippen molar-refractivity contribution in [3.63, 3.8) is 0 Å². The van der Waals surface area contributed by atoms with Crippen molar-refractivity contribution < 1.29 is 18.3 Å². The summed E-state index contributed by atoms with van der Waals surface area (Å²) in [7, 11) is 0. The molecule has 0 aliphatic heterocycles. The summed E-state index contributed by atoms with van der Waals surface area (Å²) in [5.74, 6) is -0.472. The quantitative estimate of drug-likeness (QED) is 0.611. The Morgan fingerprint density at radius 2 is 2.00 bits per heavy atom. The van der Waals surface area contributed by atoms with Gasteiger partial charge in [-0.2, -0.15) is 0 Å². The van der Waals surface area contributed by atoms with Crippen molar-refractivity contribution in [1.82, 2.24) is 0 Å². The van der Waals surface area contributed by atoms with Gasteiger partial charge in [0.15, 0.2) is 0 Å². The van der Waals surface area contributed by atoms with Crippen LogP contribution in [0.4, 0.5) is 8.78 Å². The van der Waals surface area contributed by atoms with Crippen LogP contribution in [0, 0.1) is 29.1 Å². The summed E-state index contributed by atoms with van der Waals surface area (Å²) in [6.45, 7) is 3.26. The lowest BCUT2D eigenvalue weighted by atomic mass is 9.53. The van der Waals surface area contributed by atoms with Crippen molar-refractivity contribution in [3.05, 3.63) is 23.5 Å². The number of esters is 1. The Morgan fingerprint density at radius 3 is 2.75 bits per heavy atom. The third-order valence-electron chi connectivity index (χ3n) is 7.36. The van der Waals surface area contributed by atoms with Crippen LogP contribution in [-0.4, -0.2) is 11.9 Å². The lowest BCUT2D eigenvalue weighted by Crippen LogP contribution is -2.48. The van der Waals surface area contributed by atoms with Gasteiger partial charge < -0.3 is 4.74 Å². The van der Waals surface area contributed by atoms with Gasteiger partial charge in [0.05, 0.1) is 0 Å². The normalized spacial score (nSPS) is 43.0. The molecule has 5 atom stereocenters. The Balaban J connectivity index is 1.60. The van der Waals surface area contributed by atoms with E-state index in [9.17, 15) is 13.6 Å². The topological polar surface area (TPSA) is 26.3 Å². The average molecular weight is 336 g/mol. The van der Waals surface area contributed by atoms with Crippen molar-refractivity contribution in [2.45, 2.75) is 64.7 Å². The molecule has 2 fully saturated rings. The van der Waals surface area contributed by atoms with E-state index in [4.69, 9.17) is 4.74 Å². The van der Waals surface area contributed by atoms with Gasteiger partial charge in [0.25, 0.3) is 5.92 Å². The van der Waals surface area contributed by atoms with Crippen molar-refractivity contribution >= 4 is 5.97 Å². The maximum absolute atomic E-state index is 14.5. The van der Waals surface area contributed by atoms with E-state index in [1.807, 2.05) is 13.0 Å². The van der Waals surface area contributed by atoms with Gasteiger partial charge in [-0.05, 0) is 67.4 Å². The van der Waals surface area contributed by atoms with Crippen molar-refractivity contribution in [2.75, 3.05) is 0 Å². The highest BCUT2D eigenvalue weighted by atomic mass is 19.3. The fourth-order valence-electron chi connectivity index (χ4n) is 6.12. The molecule has 24 heavy (non-hydrogen) atoms. The van der Waals surface area contributed by atoms with Gasteiger partial charge in [0.2, 0.25) is 0 Å². The molecule has 0 amide bonds. The van der Waals surface area contributed by atoms with Crippen LogP contribution < -0.4 is 0 Å². The number of rotatable bonds is 1. The maximum atomic E-state index is 14.5. The predicted molar refractivity (Wildman–Crippen MR) is 87.3 cm³/mol. The molecule has 2 saturated carbocycles. The molecule has 4 aliphatic carbocycles. The molecule has 0 N–H and O–H groups in total. The van der Waals surface area contributed by atoms with Crippen molar-refractivity contribution in [1.29, 1.82) is 0 Å². The standard InChI is InChI=1S/C20H26F2O2/c1-12(23)24-14-4-6-15-13(11-14)3-5-17-16(15)7-9-19(2)18(17)8-10-20(19,21)22/h3,11,15-18H,4-10H2,1-2H3/t15-,16+,17+,18-,19-/m0/s1. The van der Waals surface area contributed by atoms with E-state index in [1.54, 1.807) is 0 Å². The number of hydrogen-bond donors (Lipinski definition) is 0. The molecule has 0 unspecified atom stereocenters. The summed E-state index contributed by atoms with van der Waals surface area (Å²) in [5, 5.41) is 0. The second-order valence-electron chi connectivity index (χ2n) is 8.42. The van der Waals surface area contributed by atoms with Crippen LogP contribution in [0.1, 0.15) is 58.8 Å². The molecule has 0 heterocycles.